The lowest BCUT2D eigenvalue weighted by atomic mass is 10.3. The molecule has 0 bridgehead atoms. The quantitative estimate of drug-likeness (QED) is 0.325. The molecule has 4 atom stereocenters. The Balaban J connectivity index is 4.67. The van der Waals surface area contributed by atoms with E-state index in [1.165, 1.54) is 0 Å². The molecule has 0 aromatic heterocycles. The molecule has 13 nitrogen and oxygen atoms in total. The van der Waals surface area contributed by atoms with Crippen LogP contribution in [0.4, 0.5) is 0 Å². The van der Waals surface area contributed by atoms with Crippen molar-refractivity contribution >= 4 is 29.4 Å². The molecule has 0 saturated carbocycles. The number of nitrogens with two attached hydrogens (primary N) is 1. The van der Waals surface area contributed by atoms with Gasteiger partial charge in [0.1, 0.15) is 6.04 Å². The second-order valence-corrected chi connectivity index (χ2v) is 7.73. The van der Waals surface area contributed by atoms with Crippen molar-refractivity contribution in [3.63, 3.8) is 0 Å². The summed E-state index contributed by atoms with van der Waals surface area (Å²) in [5.41, 5.74) is 4.93. The fourth-order valence-electron chi connectivity index (χ4n) is 0.578. The first kappa shape index (κ1) is 19.8. The van der Waals surface area contributed by atoms with Crippen LogP contribution in [0.3, 0.4) is 0 Å². The molecule has 0 aromatic rings. The number of aliphatic carboxylic acids is 1. The van der Waals surface area contributed by atoms with Crippen molar-refractivity contribution in [2.24, 2.45) is 5.73 Å². The third-order valence-corrected chi connectivity index (χ3v) is 5.62. The summed E-state index contributed by atoms with van der Waals surface area (Å²) in [7, 11) is -15.1. The van der Waals surface area contributed by atoms with Crippen LogP contribution in [-0.2, 0) is 36.2 Å². The van der Waals surface area contributed by atoms with Crippen molar-refractivity contribution in [2.45, 2.75) is 6.04 Å². The number of carboxylic acid groups (broad SMARTS) is 1. The van der Waals surface area contributed by atoms with Gasteiger partial charge < -0.3 is 25.5 Å². The summed E-state index contributed by atoms with van der Waals surface area (Å²) < 4.78 is 48.1. The molecule has 0 heterocycles. The molecular formula is C4H12NO12P3. The smallest absolute Gasteiger partial charge is 0.480 e. The highest BCUT2D eigenvalue weighted by Crippen LogP contribution is 2.67. The molecule has 16 heteroatoms. The summed E-state index contributed by atoms with van der Waals surface area (Å²) in [5, 5.41) is 8.36. The topological polar surface area (TPSA) is 212 Å². The zero-order valence-corrected chi connectivity index (χ0v) is 12.4. The first-order valence-electron chi connectivity index (χ1n) is 4.40. The summed E-state index contributed by atoms with van der Waals surface area (Å²) in [6.07, 6.45) is 0. The van der Waals surface area contributed by atoms with Crippen LogP contribution in [0.1, 0.15) is 0 Å². The van der Waals surface area contributed by atoms with Gasteiger partial charge in [-0.3, -0.25) is 13.8 Å². The van der Waals surface area contributed by atoms with E-state index < -0.39 is 42.1 Å². The van der Waals surface area contributed by atoms with E-state index in [-0.39, 0.29) is 0 Å². The van der Waals surface area contributed by atoms with Gasteiger partial charge in [0.15, 0.2) is 0 Å². The van der Waals surface area contributed by atoms with Crippen molar-refractivity contribution in [2.75, 3.05) is 13.7 Å². The highest BCUT2D eigenvalue weighted by molar-refractivity contribution is 7.66. The molecule has 0 saturated heterocycles. The van der Waals surface area contributed by atoms with E-state index in [9.17, 15) is 18.5 Å². The van der Waals surface area contributed by atoms with Crippen molar-refractivity contribution in [1.82, 2.24) is 0 Å². The molecule has 0 amide bonds. The van der Waals surface area contributed by atoms with Gasteiger partial charge in [-0.1, -0.05) is 0 Å². The summed E-state index contributed by atoms with van der Waals surface area (Å²) in [4.78, 5) is 36.9. The molecule has 0 aromatic carbocycles. The monoisotopic (exact) mass is 359 g/mol. The zero-order chi connectivity index (χ0) is 16.2. The fourth-order valence-corrected chi connectivity index (χ4v) is 3.86. The number of rotatable bonds is 9. The lowest BCUT2D eigenvalue weighted by molar-refractivity contribution is -0.139. The number of hydrogen-bond donors (Lipinski definition) is 5. The van der Waals surface area contributed by atoms with Crippen LogP contribution in [0.15, 0.2) is 0 Å². The number of carbonyl (C=O) groups is 1. The van der Waals surface area contributed by atoms with Gasteiger partial charge in [0.2, 0.25) is 0 Å². The van der Waals surface area contributed by atoms with Crippen molar-refractivity contribution in [3.8, 4) is 0 Å². The third kappa shape index (κ3) is 8.20. The van der Waals surface area contributed by atoms with Gasteiger partial charge in [-0.25, -0.2) is 13.7 Å². The number of phosphoric acid groups is 3. The van der Waals surface area contributed by atoms with E-state index in [0.29, 0.717) is 7.11 Å². The largest absolute Gasteiger partial charge is 0.490 e. The lowest BCUT2D eigenvalue weighted by Gasteiger charge is -2.17. The maximum absolute atomic E-state index is 11.2. The average Bonchev–Trinajstić information content (AvgIpc) is 2.22. The number of hydrogen-bond acceptors (Lipinski definition) is 9. The maximum Gasteiger partial charge on any atom is 0.490 e. The Morgan fingerprint density at radius 2 is 1.55 bits per heavy atom. The average molecular weight is 359 g/mol. The van der Waals surface area contributed by atoms with Crippen molar-refractivity contribution < 1.29 is 55.9 Å². The van der Waals surface area contributed by atoms with Crippen molar-refractivity contribution in [1.29, 1.82) is 0 Å². The minimum absolute atomic E-state index is 0.654. The lowest BCUT2D eigenvalue weighted by Crippen LogP contribution is -2.34. The Kier molecular flexibility index (Phi) is 7.15. The number of phosphoric ester groups is 2. The minimum atomic E-state index is -5.50. The molecule has 120 valence electrons. The van der Waals surface area contributed by atoms with Crippen LogP contribution in [0.25, 0.3) is 0 Å². The molecule has 3 unspecified atom stereocenters. The second-order valence-electron chi connectivity index (χ2n) is 2.99. The van der Waals surface area contributed by atoms with Crippen LogP contribution in [0.2, 0.25) is 0 Å². The second kappa shape index (κ2) is 7.21. The molecule has 0 radical (unpaired) electrons. The summed E-state index contributed by atoms with van der Waals surface area (Å²) in [5.74, 6) is -1.58. The van der Waals surface area contributed by atoms with Crippen molar-refractivity contribution in [3.05, 3.63) is 0 Å². The third-order valence-electron chi connectivity index (χ3n) is 1.38. The molecule has 0 aliphatic rings. The van der Waals surface area contributed by atoms with Gasteiger partial charge in [-0.15, -0.1) is 0 Å². The molecule has 0 aliphatic heterocycles. The van der Waals surface area contributed by atoms with E-state index >= 15 is 0 Å². The standard InChI is InChI=1S/C4H12NO12P3/c1-14-18(8,9)16-20(12,13)17-19(10,11)15-2-3(5)4(6)7/h3H,2,5H2,1H3,(H,6,7)(H,8,9)(H,10,11)(H,12,13)/t3-/m0/s1. The van der Waals surface area contributed by atoms with Crippen LogP contribution in [0.5, 0.6) is 0 Å². The Morgan fingerprint density at radius 3 is 1.95 bits per heavy atom. The minimum Gasteiger partial charge on any atom is -0.480 e. The predicted octanol–water partition coefficient (Wildman–Crippen LogP) is -0.604. The molecule has 0 spiro atoms. The van der Waals surface area contributed by atoms with Gasteiger partial charge in [0.25, 0.3) is 0 Å². The van der Waals surface area contributed by atoms with Crippen LogP contribution >= 0.6 is 23.5 Å². The van der Waals surface area contributed by atoms with Gasteiger partial charge in [-0.2, -0.15) is 8.62 Å². The highest BCUT2D eigenvalue weighted by atomic mass is 31.3. The highest BCUT2D eigenvalue weighted by Gasteiger charge is 2.41. The van der Waals surface area contributed by atoms with E-state index in [0.717, 1.165) is 0 Å². The predicted molar refractivity (Wildman–Crippen MR) is 60.2 cm³/mol. The number of carboxylic acids is 1. The molecule has 0 fully saturated rings. The maximum atomic E-state index is 11.2. The molecular weight excluding hydrogens is 347 g/mol. The molecule has 0 rings (SSSR count). The SMILES string of the molecule is COP(=O)(O)OP(=O)(O)OP(=O)(O)OC[C@H](N)C(=O)O. The first-order valence-corrected chi connectivity index (χ1v) is 8.88. The van der Waals surface area contributed by atoms with Crippen LogP contribution < -0.4 is 5.73 Å². The summed E-state index contributed by atoms with van der Waals surface area (Å²) in [6, 6.07) is -1.71. The molecule has 6 N–H and O–H groups in total. The van der Waals surface area contributed by atoms with E-state index in [1.54, 1.807) is 0 Å². The molecule has 20 heavy (non-hydrogen) atoms. The Labute approximate surface area is 112 Å². The van der Waals surface area contributed by atoms with E-state index in [1.807, 2.05) is 0 Å². The van der Waals surface area contributed by atoms with Gasteiger partial charge in [0.05, 0.1) is 6.61 Å². The molecule has 0 aliphatic carbocycles. The Bertz CT molecular complexity index is 489. The fraction of sp³-hybridized carbons (Fsp3) is 0.750. The van der Waals surface area contributed by atoms with E-state index in [4.69, 9.17) is 25.5 Å². The normalized spacial score (nSPS) is 22.2. The zero-order valence-electron chi connectivity index (χ0n) is 9.76. The van der Waals surface area contributed by atoms with Gasteiger partial charge >= 0.3 is 29.4 Å². The summed E-state index contributed by atoms with van der Waals surface area (Å²) >= 11 is 0. The first-order chi connectivity index (χ1) is 8.80. The van der Waals surface area contributed by atoms with Gasteiger partial charge in [-0.05, 0) is 0 Å². The Hall–Kier alpha value is -0.160. The van der Waals surface area contributed by atoms with Gasteiger partial charge in [0, 0.05) is 7.11 Å². The Morgan fingerprint density at radius 1 is 1.10 bits per heavy atom. The van der Waals surface area contributed by atoms with Crippen LogP contribution in [0, 0.1) is 0 Å². The van der Waals surface area contributed by atoms with Crippen LogP contribution in [-0.4, -0.2) is 45.5 Å². The summed E-state index contributed by atoms with van der Waals surface area (Å²) in [6.45, 7) is -1.04. The van der Waals surface area contributed by atoms with E-state index in [2.05, 4.69) is 17.7 Å².